The molecule has 1 aromatic rings. The van der Waals surface area contributed by atoms with E-state index in [0.29, 0.717) is 10.0 Å². The van der Waals surface area contributed by atoms with Gasteiger partial charge in [-0.2, -0.15) is 0 Å². The standard InChI is InChI=1S/C10H10BrFO2/c1-6-2-7(9(12)8(11)3-6)10(13)4-14-5-10/h2-3,13H,4-5H2,1H3. The molecule has 14 heavy (non-hydrogen) atoms. The molecular weight excluding hydrogens is 251 g/mol. The van der Waals surface area contributed by atoms with Crippen LogP contribution in [-0.2, 0) is 10.3 Å². The van der Waals surface area contributed by atoms with E-state index >= 15 is 0 Å². The lowest BCUT2D eigenvalue weighted by molar-refractivity contribution is -0.186. The third-order valence-electron chi connectivity index (χ3n) is 2.36. The Kier molecular flexibility index (Phi) is 2.37. The molecule has 0 bridgehead atoms. The minimum Gasteiger partial charge on any atom is -0.380 e. The monoisotopic (exact) mass is 260 g/mol. The summed E-state index contributed by atoms with van der Waals surface area (Å²) in [4.78, 5) is 0. The van der Waals surface area contributed by atoms with Gasteiger partial charge in [0, 0.05) is 5.56 Å². The summed E-state index contributed by atoms with van der Waals surface area (Å²) in [6.07, 6.45) is 0. The Morgan fingerprint density at radius 3 is 2.64 bits per heavy atom. The molecule has 0 aromatic heterocycles. The minimum atomic E-state index is -1.14. The van der Waals surface area contributed by atoms with Crippen molar-refractivity contribution < 1.29 is 14.2 Å². The van der Waals surface area contributed by atoms with Gasteiger partial charge in [0.15, 0.2) is 0 Å². The van der Waals surface area contributed by atoms with E-state index in [1.165, 1.54) is 0 Å². The Morgan fingerprint density at radius 1 is 1.50 bits per heavy atom. The van der Waals surface area contributed by atoms with Crippen LogP contribution in [0.2, 0.25) is 0 Å². The van der Waals surface area contributed by atoms with Gasteiger partial charge in [0.05, 0.1) is 17.7 Å². The highest BCUT2D eigenvalue weighted by Crippen LogP contribution is 2.34. The lowest BCUT2D eigenvalue weighted by Gasteiger charge is -2.37. The van der Waals surface area contributed by atoms with Gasteiger partial charge in [-0.3, -0.25) is 0 Å². The van der Waals surface area contributed by atoms with E-state index in [9.17, 15) is 9.50 Å². The summed E-state index contributed by atoms with van der Waals surface area (Å²) in [5, 5.41) is 9.93. The Bertz CT molecular complexity index is 375. The van der Waals surface area contributed by atoms with Crippen molar-refractivity contribution in [1.29, 1.82) is 0 Å². The van der Waals surface area contributed by atoms with Crippen LogP contribution < -0.4 is 0 Å². The molecule has 1 N–H and O–H groups in total. The fourth-order valence-electron chi connectivity index (χ4n) is 1.51. The van der Waals surface area contributed by atoms with Crippen LogP contribution in [0.15, 0.2) is 16.6 Å². The van der Waals surface area contributed by atoms with E-state index in [2.05, 4.69) is 15.9 Å². The zero-order valence-corrected chi connectivity index (χ0v) is 9.27. The van der Waals surface area contributed by atoms with Gasteiger partial charge >= 0.3 is 0 Å². The number of ether oxygens (including phenoxy) is 1. The molecule has 1 aromatic carbocycles. The molecule has 0 radical (unpaired) electrons. The normalized spacial score (nSPS) is 19.1. The Hall–Kier alpha value is -0.450. The Morgan fingerprint density at radius 2 is 2.14 bits per heavy atom. The van der Waals surface area contributed by atoms with Crippen LogP contribution in [0.1, 0.15) is 11.1 Å². The fourth-order valence-corrected chi connectivity index (χ4v) is 2.09. The SMILES string of the molecule is Cc1cc(Br)c(F)c(C2(O)COC2)c1. The highest BCUT2D eigenvalue weighted by atomic mass is 79.9. The summed E-state index contributed by atoms with van der Waals surface area (Å²) >= 11 is 3.12. The smallest absolute Gasteiger partial charge is 0.143 e. The largest absolute Gasteiger partial charge is 0.380 e. The lowest BCUT2D eigenvalue weighted by Crippen LogP contribution is -2.47. The predicted molar refractivity (Wildman–Crippen MR) is 53.6 cm³/mol. The first-order chi connectivity index (χ1) is 6.53. The molecule has 2 rings (SSSR count). The first-order valence-corrected chi connectivity index (χ1v) is 5.08. The van der Waals surface area contributed by atoms with Crippen LogP contribution in [0.25, 0.3) is 0 Å². The molecule has 0 saturated carbocycles. The molecule has 0 unspecified atom stereocenters. The van der Waals surface area contributed by atoms with Crippen molar-refractivity contribution in [3.8, 4) is 0 Å². The van der Waals surface area contributed by atoms with Crippen LogP contribution in [-0.4, -0.2) is 18.3 Å². The molecular formula is C10H10BrFO2. The second-order valence-corrected chi connectivity index (χ2v) is 4.49. The quantitative estimate of drug-likeness (QED) is 0.839. The third kappa shape index (κ3) is 1.47. The van der Waals surface area contributed by atoms with E-state index in [-0.39, 0.29) is 13.2 Å². The summed E-state index contributed by atoms with van der Waals surface area (Å²) in [7, 11) is 0. The van der Waals surface area contributed by atoms with Crippen LogP contribution in [0.3, 0.4) is 0 Å². The van der Waals surface area contributed by atoms with Crippen LogP contribution >= 0.6 is 15.9 Å². The van der Waals surface area contributed by atoms with Gasteiger partial charge in [0.2, 0.25) is 0 Å². The average molecular weight is 261 g/mol. The number of halogens is 2. The van der Waals surface area contributed by atoms with Crippen molar-refractivity contribution in [2.24, 2.45) is 0 Å². The van der Waals surface area contributed by atoms with Gasteiger partial charge in [0.1, 0.15) is 11.4 Å². The summed E-state index contributed by atoms with van der Waals surface area (Å²) in [5.41, 5.74) is 0.0859. The number of hydrogen-bond acceptors (Lipinski definition) is 2. The van der Waals surface area contributed by atoms with Gasteiger partial charge in [-0.15, -0.1) is 0 Å². The second kappa shape index (κ2) is 3.29. The maximum atomic E-state index is 13.6. The van der Waals surface area contributed by atoms with E-state index in [0.717, 1.165) is 5.56 Å². The Labute approximate surface area is 89.8 Å². The van der Waals surface area contributed by atoms with Gasteiger partial charge < -0.3 is 9.84 Å². The zero-order chi connectivity index (χ0) is 10.3. The van der Waals surface area contributed by atoms with E-state index in [4.69, 9.17) is 4.74 Å². The predicted octanol–water partition coefficient (Wildman–Crippen LogP) is 2.11. The first-order valence-electron chi connectivity index (χ1n) is 4.29. The summed E-state index contributed by atoms with van der Waals surface area (Å²) in [5.74, 6) is -0.401. The molecule has 1 fully saturated rings. The van der Waals surface area contributed by atoms with E-state index in [1.54, 1.807) is 12.1 Å². The van der Waals surface area contributed by atoms with Crippen LogP contribution in [0.4, 0.5) is 4.39 Å². The maximum absolute atomic E-state index is 13.6. The number of aliphatic hydroxyl groups is 1. The number of aryl methyl sites for hydroxylation is 1. The number of hydrogen-bond donors (Lipinski definition) is 1. The van der Waals surface area contributed by atoms with Gasteiger partial charge in [-0.1, -0.05) is 6.07 Å². The third-order valence-corrected chi connectivity index (χ3v) is 2.93. The first kappa shape index (κ1) is 10.1. The van der Waals surface area contributed by atoms with Gasteiger partial charge in [-0.05, 0) is 34.5 Å². The van der Waals surface area contributed by atoms with E-state index in [1.807, 2.05) is 6.92 Å². The molecule has 1 aliphatic rings. The van der Waals surface area contributed by atoms with Crippen molar-refractivity contribution in [1.82, 2.24) is 0 Å². The molecule has 0 amide bonds. The van der Waals surface area contributed by atoms with Gasteiger partial charge in [-0.25, -0.2) is 4.39 Å². The molecule has 2 nitrogen and oxygen atoms in total. The van der Waals surface area contributed by atoms with Crippen LogP contribution in [0, 0.1) is 12.7 Å². The summed E-state index contributed by atoms with van der Waals surface area (Å²) in [6, 6.07) is 3.34. The molecule has 0 atom stereocenters. The molecule has 1 aliphatic heterocycles. The highest BCUT2D eigenvalue weighted by Gasteiger charge is 2.40. The van der Waals surface area contributed by atoms with Crippen molar-refractivity contribution in [3.05, 3.63) is 33.5 Å². The molecule has 1 saturated heterocycles. The topological polar surface area (TPSA) is 29.5 Å². The van der Waals surface area contributed by atoms with Crippen molar-refractivity contribution >= 4 is 15.9 Å². The van der Waals surface area contributed by atoms with Gasteiger partial charge in [0.25, 0.3) is 0 Å². The minimum absolute atomic E-state index is 0.166. The molecule has 0 spiro atoms. The van der Waals surface area contributed by atoms with Crippen molar-refractivity contribution in [2.45, 2.75) is 12.5 Å². The van der Waals surface area contributed by atoms with Crippen molar-refractivity contribution in [3.63, 3.8) is 0 Å². The summed E-state index contributed by atoms with van der Waals surface area (Å²) in [6.45, 7) is 2.19. The molecule has 1 heterocycles. The highest BCUT2D eigenvalue weighted by molar-refractivity contribution is 9.10. The summed E-state index contributed by atoms with van der Waals surface area (Å²) < 4.78 is 18.9. The fraction of sp³-hybridized carbons (Fsp3) is 0.400. The average Bonchev–Trinajstić information content (AvgIpc) is 2.07. The molecule has 0 aliphatic carbocycles. The zero-order valence-electron chi connectivity index (χ0n) is 7.68. The molecule has 4 heteroatoms. The lowest BCUT2D eigenvalue weighted by atomic mass is 9.90. The number of benzene rings is 1. The molecule has 76 valence electrons. The second-order valence-electron chi connectivity index (χ2n) is 3.63. The van der Waals surface area contributed by atoms with Crippen LogP contribution in [0.5, 0.6) is 0 Å². The van der Waals surface area contributed by atoms with Crippen molar-refractivity contribution in [2.75, 3.05) is 13.2 Å². The van der Waals surface area contributed by atoms with E-state index < -0.39 is 11.4 Å². The number of rotatable bonds is 1. The maximum Gasteiger partial charge on any atom is 0.143 e. The Balaban J connectivity index is 2.51.